The lowest BCUT2D eigenvalue weighted by Crippen LogP contribution is -2.49. The van der Waals surface area contributed by atoms with Crippen molar-refractivity contribution in [1.29, 1.82) is 0 Å². The van der Waals surface area contributed by atoms with E-state index in [0.29, 0.717) is 0 Å². The van der Waals surface area contributed by atoms with Crippen molar-refractivity contribution in [3.05, 3.63) is 64.7 Å². The topological polar surface area (TPSA) is 18.5 Å². The van der Waals surface area contributed by atoms with Crippen molar-refractivity contribution in [1.82, 2.24) is 9.80 Å². The summed E-state index contributed by atoms with van der Waals surface area (Å²) < 4.78 is 0. The van der Waals surface area contributed by atoms with Gasteiger partial charge in [0.05, 0.1) is 0 Å². The standard InChI is InChI=1S/C19H22ClN3S/c1-15-4-2-3-5-16(15)14-22-10-12-23(13-11-22)19(24)21-18-8-6-17(20)7-9-18/h2-9H,10-14H2,1H3,(H,21,24). The van der Waals surface area contributed by atoms with Crippen LogP contribution < -0.4 is 5.32 Å². The molecule has 3 rings (SSSR count). The largest absolute Gasteiger partial charge is 0.346 e. The van der Waals surface area contributed by atoms with Crippen LogP contribution >= 0.6 is 23.8 Å². The Balaban J connectivity index is 1.50. The van der Waals surface area contributed by atoms with Crippen LogP contribution in [0.25, 0.3) is 0 Å². The minimum atomic E-state index is 0.733. The summed E-state index contributed by atoms with van der Waals surface area (Å²) >= 11 is 11.5. The highest BCUT2D eigenvalue weighted by molar-refractivity contribution is 7.80. The van der Waals surface area contributed by atoms with Crippen LogP contribution in [0.2, 0.25) is 5.02 Å². The van der Waals surface area contributed by atoms with Gasteiger partial charge in [-0.1, -0.05) is 35.9 Å². The molecule has 5 heteroatoms. The third-order valence-corrected chi connectivity index (χ3v) is 5.02. The molecule has 0 bridgehead atoms. The van der Waals surface area contributed by atoms with Crippen molar-refractivity contribution < 1.29 is 0 Å². The predicted molar refractivity (Wildman–Crippen MR) is 106 cm³/mol. The molecule has 0 atom stereocenters. The molecule has 0 aromatic heterocycles. The van der Waals surface area contributed by atoms with E-state index < -0.39 is 0 Å². The quantitative estimate of drug-likeness (QED) is 0.829. The van der Waals surface area contributed by atoms with E-state index in [1.165, 1.54) is 11.1 Å². The minimum absolute atomic E-state index is 0.733. The van der Waals surface area contributed by atoms with E-state index in [0.717, 1.165) is 48.5 Å². The Morgan fingerprint density at radius 2 is 1.71 bits per heavy atom. The second-order valence-corrected chi connectivity index (χ2v) is 6.95. The fourth-order valence-electron chi connectivity index (χ4n) is 2.87. The third kappa shape index (κ3) is 4.47. The zero-order valence-corrected chi connectivity index (χ0v) is 15.4. The SMILES string of the molecule is Cc1ccccc1CN1CCN(C(=S)Nc2ccc(Cl)cc2)CC1. The fourth-order valence-corrected chi connectivity index (χ4v) is 3.30. The third-order valence-electron chi connectivity index (χ3n) is 4.41. The van der Waals surface area contributed by atoms with Crippen molar-refractivity contribution >= 4 is 34.6 Å². The first-order chi connectivity index (χ1) is 11.6. The molecule has 24 heavy (non-hydrogen) atoms. The normalized spacial score (nSPS) is 15.3. The average Bonchev–Trinajstić information content (AvgIpc) is 2.59. The second-order valence-electron chi connectivity index (χ2n) is 6.13. The fraction of sp³-hybridized carbons (Fsp3) is 0.316. The maximum atomic E-state index is 5.91. The smallest absolute Gasteiger partial charge is 0.173 e. The van der Waals surface area contributed by atoms with E-state index in [-0.39, 0.29) is 0 Å². The molecular formula is C19H22ClN3S. The zero-order chi connectivity index (χ0) is 16.9. The first-order valence-corrected chi connectivity index (χ1v) is 8.99. The maximum Gasteiger partial charge on any atom is 0.173 e. The number of nitrogens with zero attached hydrogens (tertiary/aromatic N) is 2. The van der Waals surface area contributed by atoms with Gasteiger partial charge in [-0.25, -0.2) is 0 Å². The molecule has 2 aromatic carbocycles. The monoisotopic (exact) mass is 359 g/mol. The highest BCUT2D eigenvalue weighted by Gasteiger charge is 2.19. The molecule has 0 unspecified atom stereocenters. The molecule has 126 valence electrons. The van der Waals surface area contributed by atoms with Crippen LogP contribution in [0.4, 0.5) is 5.69 Å². The van der Waals surface area contributed by atoms with E-state index in [2.05, 4.69) is 46.3 Å². The highest BCUT2D eigenvalue weighted by Crippen LogP contribution is 2.16. The summed E-state index contributed by atoms with van der Waals surface area (Å²) in [5, 5.41) is 4.81. The molecule has 3 nitrogen and oxygen atoms in total. The van der Waals surface area contributed by atoms with Gasteiger partial charge in [-0.3, -0.25) is 4.90 Å². The first kappa shape index (κ1) is 17.2. The molecule has 1 aliphatic heterocycles. The molecular weight excluding hydrogens is 338 g/mol. The van der Waals surface area contributed by atoms with Gasteiger partial charge in [0, 0.05) is 43.4 Å². The maximum absolute atomic E-state index is 5.91. The van der Waals surface area contributed by atoms with Crippen LogP contribution in [0.5, 0.6) is 0 Å². The number of hydrogen-bond donors (Lipinski definition) is 1. The van der Waals surface area contributed by atoms with Gasteiger partial charge in [0.15, 0.2) is 5.11 Å². The molecule has 0 aliphatic carbocycles. The summed E-state index contributed by atoms with van der Waals surface area (Å²) in [7, 11) is 0. The minimum Gasteiger partial charge on any atom is -0.346 e. The average molecular weight is 360 g/mol. The molecule has 2 aromatic rings. The highest BCUT2D eigenvalue weighted by atomic mass is 35.5. The lowest BCUT2D eigenvalue weighted by Gasteiger charge is -2.36. The van der Waals surface area contributed by atoms with E-state index >= 15 is 0 Å². The number of rotatable bonds is 3. The van der Waals surface area contributed by atoms with Gasteiger partial charge in [-0.15, -0.1) is 0 Å². The van der Waals surface area contributed by atoms with Crippen LogP contribution in [0.15, 0.2) is 48.5 Å². The number of aryl methyl sites for hydroxylation is 1. The van der Waals surface area contributed by atoms with Gasteiger partial charge in [-0.05, 0) is 54.5 Å². The number of nitrogens with one attached hydrogen (secondary N) is 1. The number of halogens is 1. The Morgan fingerprint density at radius 3 is 2.38 bits per heavy atom. The molecule has 1 fully saturated rings. The molecule has 1 saturated heterocycles. The van der Waals surface area contributed by atoms with E-state index in [9.17, 15) is 0 Å². The van der Waals surface area contributed by atoms with Gasteiger partial charge in [0.1, 0.15) is 0 Å². The van der Waals surface area contributed by atoms with E-state index in [4.69, 9.17) is 23.8 Å². The predicted octanol–water partition coefficient (Wildman–Crippen LogP) is 4.16. The molecule has 1 heterocycles. The Bertz CT molecular complexity index is 694. The number of piperazine rings is 1. The van der Waals surface area contributed by atoms with Crippen molar-refractivity contribution in [2.24, 2.45) is 0 Å². The summed E-state index contributed by atoms with van der Waals surface area (Å²) in [6.07, 6.45) is 0. The summed E-state index contributed by atoms with van der Waals surface area (Å²) in [5.41, 5.74) is 3.75. The van der Waals surface area contributed by atoms with Crippen molar-refractivity contribution in [3.63, 3.8) is 0 Å². The van der Waals surface area contributed by atoms with Crippen LogP contribution in [0, 0.1) is 6.92 Å². The lowest BCUT2D eigenvalue weighted by molar-refractivity contribution is 0.176. The van der Waals surface area contributed by atoms with Crippen LogP contribution in [-0.4, -0.2) is 41.1 Å². The number of benzene rings is 2. The molecule has 1 N–H and O–H groups in total. The molecule has 1 aliphatic rings. The van der Waals surface area contributed by atoms with Gasteiger partial charge in [-0.2, -0.15) is 0 Å². The molecule has 0 amide bonds. The van der Waals surface area contributed by atoms with Gasteiger partial charge in [0.25, 0.3) is 0 Å². The summed E-state index contributed by atoms with van der Waals surface area (Å²) in [4.78, 5) is 4.72. The summed E-state index contributed by atoms with van der Waals surface area (Å²) in [5.74, 6) is 0. The van der Waals surface area contributed by atoms with E-state index in [1.54, 1.807) is 0 Å². The molecule has 0 saturated carbocycles. The van der Waals surface area contributed by atoms with Gasteiger partial charge < -0.3 is 10.2 Å². The van der Waals surface area contributed by atoms with Crippen LogP contribution in [-0.2, 0) is 6.54 Å². The summed E-state index contributed by atoms with van der Waals surface area (Å²) in [6.45, 7) is 7.14. The van der Waals surface area contributed by atoms with Gasteiger partial charge in [0.2, 0.25) is 0 Å². The number of anilines is 1. The second kappa shape index (κ2) is 7.97. The molecule has 0 radical (unpaired) electrons. The van der Waals surface area contributed by atoms with Crippen LogP contribution in [0.1, 0.15) is 11.1 Å². The number of hydrogen-bond acceptors (Lipinski definition) is 2. The lowest BCUT2D eigenvalue weighted by atomic mass is 10.1. The van der Waals surface area contributed by atoms with Crippen molar-refractivity contribution in [2.75, 3.05) is 31.5 Å². The van der Waals surface area contributed by atoms with Crippen molar-refractivity contribution in [2.45, 2.75) is 13.5 Å². The Kier molecular flexibility index (Phi) is 5.72. The Hall–Kier alpha value is -1.62. The van der Waals surface area contributed by atoms with Crippen LogP contribution in [0.3, 0.4) is 0 Å². The Morgan fingerprint density at radius 1 is 1.04 bits per heavy atom. The van der Waals surface area contributed by atoms with Crippen molar-refractivity contribution in [3.8, 4) is 0 Å². The van der Waals surface area contributed by atoms with E-state index in [1.807, 2.05) is 24.3 Å². The molecule has 0 spiro atoms. The first-order valence-electron chi connectivity index (χ1n) is 8.20. The summed E-state index contributed by atoms with van der Waals surface area (Å²) in [6, 6.07) is 16.2. The zero-order valence-electron chi connectivity index (χ0n) is 13.8. The number of thiocarbonyl (C=S) groups is 1. The Labute approximate surface area is 154 Å². The van der Waals surface area contributed by atoms with Gasteiger partial charge >= 0.3 is 0 Å².